The highest BCUT2D eigenvalue weighted by Crippen LogP contribution is 2.48. The lowest BCUT2D eigenvalue weighted by Crippen LogP contribution is -2.09. The van der Waals surface area contributed by atoms with Crippen LogP contribution in [0.2, 0.25) is 0 Å². The van der Waals surface area contributed by atoms with Crippen molar-refractivity contribution in [1.82, 2.24) is 0 Å². The molecule has 0 aliphatic heterocycles. The molecule has 0 saturated heterocycles. The van der Waals surface area contributed by atoms with E-state index in [4.69, 9.17) is 8.83 Å². The molecule has 2 heterocycles. The second kappa shape index (κ2) is 15.7. The highest BCUT2D eigenvalue weighted by atomic mass is 16.3. The molecule has 14 aromatic rings. The van der Waals surface area contributed by atoms with Crippen molar-refractivity contribution in [2.24, 2.45) is 0 Å². The summed E-state index contributed by atoms with van der Waals surface area (Å²) in [6, 6.07) is 89.4. The van der Waals surface area contributed by atoms with Gasteiger partial charge in [0.05, 0.1) is 0 Å². The molecule has 322 valence electrons. The molecule has 2 aromatic heterocycles. The van der Waals surface area contributed by atoms with Gasteiger partial charge < -0.3 is 13.7 Å². The van der Waals surface area contributed by atoms with Crippen LogP contribution in [0, 0.1) is 0 Å². The van der Waals surface area contributed by atoms with Gasteiger partial charge in [-0.2, -0.15) is 0 Å². The Morgan fingerprint density at radius 2 is 0.652 bits per heavy atom. The second-order valence-corrected chi connectivity index (χ2v) is 17.9. The Labute approximate surface area is 398 Å². The molecule has 0 aliphatic rings. The van der Waals surface area contributed by atoms with Crippen molar-refractivity contribution < 1.29 is 8.83 Å². The molecule has 0 N–H and O–H groups in total. The van der Waals surface area contributed by atoms with E-state index in [2.05, 4.69) is 235 Å². The van der Waals surface area contributed by atoms with Gasteiger partial charge in [-0.1, -0.05) is 182 Å². The SMILES string of the molecule is c1ccc(-c2ccc(N(c3ccc(-c4ccccc4)cc3)c3ccc(-c4c(-c5ccc6c7ccccc7c7ccccc7c6c5)ccc5c4oc4ccc6oc7ccccc7c6c45)cc3)cc2)cc1. The zero-order valence-corrected chi connectivity index (χ0v) is 37.4. The summed E-state index contributed by atoms with van der Waals surface area (Å²) >= 11 is 0. The average molecular weight is 880 g/mol. The molecule has 3 nitrogen and oxygen atoms in total. The Kier molecular flexibility index (Phi) is 8.90. The summed E-state index contributed by atoms with van der Waals surface area (Å²) in [7, 11) is 0. The third kappa shape index (κ3) is 6.36. The number of para-hydroxylation sites is 1. The van der Waals surface area contributed by atoms with E-state index in [-0.39, 0.29) is 0 Å². The van der Waals surface area contributed by atoms with Crippen molar-refractivity contribution in [2.45, 2.75) is 0 Å². The van der Waals surface area contributed by atoms with E-state index < -0.39 is 0 Å². The number of furan rings is 2. The zero-order chi connectivity index (χ0) is 45.4. The molecular formula is C66H41NO2. The van der Waals surface area contributed by atoms with Crippen LogP contribution in [-0.4, -0.2) is 0 Å². The molecule has 0 amide bonds. The van der Waals surface area contributed by atoms with Crippen molar-refractivity contribution in [3.05, 3.63) is 249 Å². The zero-order valence-electron chi connectivity index (χ0n) is 37.4. The molecule has 0 radical (unpaired) electrons. The molecule has 69 heavy (non-hydrogen) atoms. The Balaban J connectivity index is 0.970. The Morgan fingerprint density at radius 3 is 1.22 bits per heavy atom. The fourth-order valence-electron chi connectivity index (χ4n) is 10.8. The number of rotatable bonds is 7. The van der Waals surface area contributed by atoms with Crippen LogP contribution in [0.25, 0.3) is 121 Å². The first kappa shape index (κ1) is 39.0. The second-order valence-electron chi connectivity index (χ2n) is 17.9. The number of hydrogen-bond acceptors (Lipinski definition) is 3. The maximum atomic E-state index is 7.10. The summed E-state index contributed by atoms with van der Waals surface area (Å²) in [6.07, 6.45) is 0. The monoisotopic (exact) mass is 879 g/mol. The van der Waals surface area contributed by atoms with Gasteiger partial charge in [-0.3, -0.25) is 0 Å². The summed E-state index contributed by atoms with van der Waals surface area (Å²) in [5.74, 6) is 0. The lowest BCUT2D eigenvalue weighted by molar-refractivity contribution is 0.663. The molecule has 3 heteroatoms. The molecule has 0 unspecified atom stereocenters. The van der Waals surface area contributed by atoms with Crippen LogP contribution < -0.4 is 4.90 Å². The van der Waals surface area contributed by atoms with E-state index in [1.165, 1.54) is 54.6 Å². The van der Waals surface area contributed by atoms with Crippen molar-refractivity contribution in [3.63, 3.8) is 0 Å². The maximum absolute atomic E-state index is 7.10. The number of anilines is 3. The molecule has 12 aromatic carbocycles. The first-order valence-electron chi connectivity index (χ1n) is 23.6. The first-order valence-corrected chi connectivity index (χ1v) is 23.6. The highest BCUT2D eigenvalue weighted by molar-refractivity contribution is 6.28. The summed E-state index contributed by atoms with van der Waals surface area (Å²) in [6.45, 7) is 0. The summed E-state index contributed by atoms with van der Waals surface area (Å²) in [4.78, 5) is 2.34. The van der Waals surface area contributed by atoms with Gasteiger partial charge in [-0.25, -0.2) is 0 Å². The van der Waals surface area contributed by atoms with Gasteiger partial charge in [0.1, 0.15) is 22.3 Å². The van der Waals surface area contributed by atoms with Gasteiger partial charge in [-0.05, 0) is 138 Å². The van der Waals surface area contributed by atoms with Crippen LogP contribution in [0.5, 0.6) is 0 Å². The number of benzene rings is 12. The summed E-state index contributed by atoms with van der Waals surface area (Å²) < 4.78 is 13.5. The predicted octanol–water partition coefficient (Wildman–Crippen LogP) is 19.1. The van der Waals surface area contributed by atoms with E-state index in [0.29, 0.717) is 0 Å². The summed E-state index contributed by atoms with van der Waals surface area (Å²) in [5.41, 5.74) is 15.7. The lowest BCUT2D eigenvalue weighted by Gasteiger charge is -2.26. The third-order valence-electron chi connectivity index (χ3n) is 14.1. The molecular weight excluding hydrogens is 839 g/mol. The van der Waals surface area contributed by atoms with Gasteiger partial charge in [0.2, 0.25) is 0 Å². The first-order chi connectivity index (χ1) is 34.2. The van der Waals surface area contributed by atoms with Crippen LogP contribution in [0.3, 0.4) is 0 Å². The maximum Gasteiger partial charge on any atom is 0.143 e. The van der Waals surface area contributed by atoms with E-state index in [1.807, 2.05) is 18.2 Å². The van der Waals surface area contributed by atoms with Crippen LogP contribution >= 0.6 is 0 Å². The van der Waals surface area contributed by atoms with Crippen molar-refractivity contribution in [2.75, 3.05) is 4.90 Å². The fourth-order valence-corrected chi connectivity index (χ4v) is 10.8. The Bertz CT molecular complexity index is 4140. The number of nitrogens with zero attached hydrogens (tertiary/aromatic N) is 1. The Morgan fingerprint density at radius 1 is 0.246 bits per heavy atom. The van der Waals surface area contributed by atoms with Crippen LogP contribution in [0.4, 0.5) is 17.1 Å². The van der Waals surface area contributed by atoms with E-state index in [1.54, 1.807) is 0 Å². The van der Waals surface area contributed by atoms with E-state index in [0.717, 1.165) is 83.2 Å². The minimum absolute atomic E-state index is 0.833. The molecule has 0 spiro atoms. The molecule has 14 rings (SSSR count). The molecule has 0 bridgehead atoms. The van der Waals surface area contributed by atoms with E-state index in [9.17, 15) is 0 Å². The number of fused-ring (bicyclic) bond motifs is 13. The molecule has 0 aliphatic carbocycles. The predicted molar refractivity (Wildman–Crippen MR) is 290 cm³/mol. The Hall–Kier alpha value is -9.18. The van der Waals surface area contributed by atoms with Crippen molar-refractivity contribution in [3.8, 4) is 44.5 Å². The standard InChI is InChI=1S/C66H41NO2/c1-3-13-42(14-4-1)44-23-30-48(31-24-44)67(49-32-25-45(26-33-49)43-15-5-2-6-16-43)50-34-27-46(28-35-50)63-51(47-29-36-56-54-19-8-7-17-52(54)53-18-9-10-20-55(53)59(56)41-47)37-38-58-65-62(69-66(58)63)40-39-61-64(65)57-21-11-12-22-60(57)68-61/h1-41H. The number of hydrogen-bond donors (Lipinski definition) is 0. The quantitative estimate of drug-likeness (QED) is 0.149. The van der Waals surface area contributed by atoms with Crippen molar-refractivity contribution >= 4 is 93.3 Å². The largest absolute Gasteiger partial charge is 0.456 e. The van der Waals surface area contributed by atoms with Crippen LogP contribution in [0.15, 0.2) is 258 Å². The molecule has 0 atom stereocenters. The van der Waals surface area contributed by atoms with Gasteiger partial charge >= 0.3 is 0 Å². The lowest BCUT2D eigenvalue weighted by atomic mass is 9.88. The third-order valence-corrected chi connectivity index (χ3v) is 14.1. The van der Waals surface area contributed by atoms with Gasteiger partial charge in [0, 0.05) is 44.2 Å². The van der Waals surface area contributed by atoms with Gasteiger partial charge in [-0.15, -0.1) is 0 Å². The normalized spacial score (nSPS) is 11.8. The van der Waals surface area contributed by atoms with Crippen LogP contribution in [0.1, 0.15) is 0 Å². The van der Waals surface area contributed by atoms with Gasteiger partial charge in [0.15, 0.2) is 0 Å². The highest BCUT2D eigenvalue weighted by Gasteiger charge is 2.23. The van der Waals surface area contributed by atoms with Crippen LogP contribution in [-0.2, 0) is 0 Å². The minimum Gasteiger partial charge on any atom is -0.456 e. The fraction of sp³-hybridized carbons (Fsp3) is 0. The van der Waals surface area contributed by atoms with Crippen molar-refractivity contribution in [1.29, 1.82) is 0 Å². The van der Waals surface area contributed by atoms with E-state index >= 15 is 0 Å². The van der Waals surface area contributed by atoms with Gasteiger partial charge in [0.25, 0.3) is 0 Å². The summed E-state index contributed by atoms with van der Waals surface area (Å²) in [5, 5.41) is 11.8. The molecule has 0 fully saturated rings. The topological polar surface area (TPSA) is 29.5 Å². The average Bonchev–Trinajstić information content (AvgIpc) is 4.00. The molecule has 0 saturated carbocycles. The minimum atomic E-state index is 0.833. The smallest absolute Gasteiger partial charge is 0.143 e.